The number of benzene rings is 2. The Morgan fingerprint density at radius 2 is 1.86 bits per heavy atom. The minimum absolute atomic E-state index is 0.0686. The highest BCUT2D eigenvalue weighted by atomic mass is 16.5. The number of ether oxygens (including phenoxy) is 1. The standard InChI is InChI=1S/C23H28N4O2/c1-3-27(15-19-9-11-21(29-2)12-10-19)23(28)22(24)13-20-16-26(17-25-20)14-18-7-5-4-6-8-18/h4-12,16-17,22H,3,13-15,24H2,1-2H3/t22-/m0/s1. The normalized spacial score (nSPS) is 11.8. The summed E-state index contributed by atoms with van der Waals surface area (Å²) >= 11 is 0. The van der Waals surface area contributed by atoms with Crippen LogP contribution in [0.3, 0.4) is 0 Å². The number of imidazole rings is 1. The highest BCUT2D eigenvalue weighted by molar-refractivity contribution is 5.81. The van der Waals surface area contributed by atoms with Gasteiger partial charge in [0.25, 0.3) is 0 Å². The molecule has 0 aliphatic heterocycles. The Balaban J connectivity index is 1.58. The maximum Gasteiger partial charge on any atom is 0.240 e. The van der Waals surface area contributed by atoms with Gasteiger partial charge in [0, 0.05) is 32.3 Å². The average molecular weight is 393 g/mol. The van der Waals surface area contributed by atoms with E-state index in [-0.39, 0.29) is 5.91 Å². The maximum absolute atomic E-state index is 12.8. The minimum Gasteiger partial charge on any atom is -0.497 e. The van der Waals surface area contributed by atoms with Crippen molar-refractivity contribution in [3.8, 4) is 5.75 Å². The first kappa shape index (κ1) is 20.6. The molecule has 0 fully saturated rings. The van der Waals surface area contributed by atoms with Gasteiger partial charge in [0.2, 0.25) is 5.91 Å². The van der Waals surface area contributed by atoms with Crippen LogP contribution in [0.4, 0.5) is 0 Å². The average Bonchev–Trinajstić information content (AvgIpc) is 3.19. The van der Waals surface area contributed by atoms with E-state index in [1.807, 2.05) is 60.2 Å². The van der Waals surface area contributed by atoms with Crippen molar-refractivity contribution in [2.75, 3.05) is 13.7 Å². The van der Waals surface area contributed by atoms with Crippen LogP contribution in [0, 0.1) is 0 Å². The zero-order valence-corrected chi connectivity index (χ0v) is 17.0. The molecular weight excluding hydrogens is 364 g/mol. The Hall–Kier alpha value is -3.12. The summed E-state index contributed by atoms with van der Waals surface area (Å²) in [5.74, 6) is 0.729. The number of likely N-dealkylation sites (N-methyl/N-ethyl adjacent to an activating group) is 1. The second-order valence-electron chi connectivity index (χ2n) is 7.03. The number of nitrogens with two attached hydrogens (primary N) is 1. The van der Waals surface area contributed by atoms with Crippen LogP contribution < -0.4 is 10.5 Å². The SMILES string of the molecule is CCN(Cc1ccc(OC)cc1)C(=O)[C@@H](N)Cc1cn(Cc2ccccc2)cn1. The van der Waals surface area contributed by atoms with Gasteiger partial charge in [0.1, 0.15) is 5.75 Å². The lowest BCUT2D eigenvalue weighted by Crippen LogP contribution is -2.44. The van der Waals surface area contributed by atoms with Crippen LogP contribution in [0.15, 0.2) is 67.1 Å². The molecule has 3 aromatic rings. The smallest absolute Gasteiger partial charge is 0.240 e. The molecule has 0 unspecified atom stereocenters. The van der Waals surface area contributed by atoms with Crippen molar-refractivity contribution in [1.29, 1.82) is 0 Å². The summed E-state index contributed by atoms with van der Waals surface area (Å²) in [6.07, 6.45) is 4.16. The zero-order valence-electron chi connectivity index (χ0n) is 17.0. The van der Waals surface area contributed by atoms with E-state index in [2.05, 4.69) is 17.1 Å². The number of amides is 1. The zero-order chi connectivity index (χ0) is 20.6. The van der Waals surface area contributed by atoms with Gasteiger partial charge in [-0.1, -0.05) is 42.5 Å². The number of rotatable bonds is 9. The van der Waals surface area contributed by atoms with Gasteiger partial charge in [-0.15, -0.1) is 0 Å². The van der Waals surface area contributed by atoms with Crippen molar-refractivity contribution in [1.82, 2.24) is 14.5 Å². The van der Waals surface area contributed by atoms with Gasteiger partial charge >= 0.3 is 0 Å². The number of hydrogen-bond donors (Lipinski definition) is 1. The van der Waals surface area contributed by atoms with E-state index in [1.54, 1.807) is 18.3 Å². The molecule has 6 nitrogen and oxygen atoms in total. The molecule has 0 spiro atoms. The van der Waals surface area contributed by atoms with Crippen molar-refractivity contribution in [3.05, 3.63) is 83.9 Å². The number of nitrogens with zero attached hydrogens (tertiary/aromatic N) is 3. The second-order valence-corrected chi connectivity index (χ2v) is 7.03. The van der Waals surface area contributed by atoms with Crippen LogP contribution in [0.5, 0.6) is 5.75 Å². The number of hydrogen-bond acceptors (Lipinski definition) is 4. The minimum atomic E-state index is -0.617. The fourth-order valence-corrected chi connectivity index (χ4v) is 3.24. The molecule has 0 bridgehead atoms. The van der Waals surface area contributed by atoms with Gasteiger partial charge in [-0.2, -0.15) is 0 Å². The van der Waals surface area contributed by atoms with Crippen molar-refractivity contribution in [2.24, 2.45) is 5.73 Å². The summed E-state index contributed by atoms with van der Waals surface area (Å²) in [5, 5.41) is 0. The van der Waals surface area contributed by atoms with E-state index in [0.29, 0.717) is 19.5 Å². The Morgan fingerprint density at radius 3 is 2.52 bits per heavy atom. The first-order valence-electron chi connectivity index (χ1n) is 9.81. The summed E-state index contributed by atoms with van der Waals surface area (Å²) in [6, 6.07) is 17.3. The summed E-state index contributed by atoms with van der Waals surface area (Å²) in [7, 11) is 1.64. The highest BCUT2D eigenvalue weighted by Crippen LogP contribution is 2.14. The number of methoxy groups -OCH3 is 1. The number of aromatic nitrogens is 2. The van der Waals surface area contributed by atoms with Crippen LogP contribution in [-0.4, -0.2) is 40.1 Å². The molecular formula is C23H28N4O2. The maximum atomic E-state index is 12.8. The van der Waals surface area contributed by atoms with Crippen molar-refractivity contribution < 1.29 is 9.53 Å². The number of carbonyl (C=O) groups excluding carboxylic acids is 1. The van der Waals surface area contributed by atoms with Gasteiger partial charge in [0.05, 0.1) is 25.2 Å². The third kappa shape index (κ3) is 5.68. The number of carbonyl (C=O) groups is 1. The Labute approximate surface area is 171 Å². The van der Waals surface area contributed by atoms with Crippen molar-refractivity contribution in [2.45, 2.75) is 32.5 Å². The van der Waals surface area contributed by atoms with E-state index in [1.165, 1.54) is 5.56 Å². The fraction of sp³-hybridized carbons (Fsp3) is 0.304. The molecule has 0 aliphatic rings. The molecule has 2 aromatic carbocycles. The van der Waals surface area contributed by atoms with Crippen molar-refractivity contribution >= 4 is 5.91 Å². The van der Waals surface area contributed by atoms with Crippen molar-refractivity contribution in [3.63, 3.8) is 0 Å². The molecule has 0 saturated heterocycles. The summed E-state index contributed by atoms with van der Waals surface area (Å²) in [6.45, 7) is 3.83. The topological polar surface area (TPSA) is 73.4 Å². The van der Waals surface area contributed by atoms with Gasteiger partial charge < -0.3 is 19.9 Å². The van der Waals surface area contributed by atoms with E-state index in [0.717, 1.165) is 23.6 Å². The fourth-order valence-electron chi connectivity index (χ4n) is 3.24. The largest absolute Gasteiger partial charge is 0.497 e. The second kappa shape index (κ2) is 9.89. The molecule has 1 heterocycles. The van der Waals surface area contributed by atoms with Gasteiger partial charge in [-0.25, -0.2) is 4.98 Å². The molecule has 6 heteroatoms. The molecule has 3 rings (SSSR count). The van der Waals surface area contributed by atoms with Crippen LogP contribution in [0.2, 0.25) is 0 Å². The lowest BCUT2D eigenvalue weighted by Gasteiger charge is -2.24. The lowest BCUT2D eigenvalue weighted by molar-refractivity contribution is -0.133. The molecule has 0 saturated carbocycles. The van der Waals surface area contributed by atoms with E-state index < -0.39 is 6.04 Å². The van der Waals surface area contributed by atoms with Crippen LogP contribution >= 0.6 is 0 Å². The molecule has 1 amide bonds. The predicted molar refractivity (Wildman–Crippen MR) is 114 cm³/mol. The summed E-state index contributed by atoms with van der Waals surface area (Å²) in [4.78, 5) is 19.0. The van der Waals surface area contributed by atoms with E-state index >= 15 is 0 Å². The van der Waals surface area contributed by atoms with Gasteiger partial charge in [-0.05, 0) is 30.2 Å². The molecule has 0 radical (unpaired) electrons. The molecule has 2 N–H and O–H groups in total. The first-order chi connectivity index (χ1) is 14.1. The highest BCUT2D eigenvalue weighted by Gasteiger charge is 2.21. The predicted octanol–water partition coefficient (Wildman–Crippen LogP) is 2.86. The van der Waals surface area contributed by atoms with E-state index in [4.69, 9.17) is 10.5 Å². The Kier molecular flexibility index (Phi) is 7.03. The molecule has 0 aliphatic carbocycles. The third-order valence-electron chi connectivity index (χ3n) is 4.87. The monoisotopic (exact) mass is 392 g/mol. The summed E-state index contributed by atoms with van der Waals surface area (Å²) in [5.41, 5.74) is 9.29. The molecule has 29 heavy (non-hydrogen) atoms. The third-order valence-corrected chi connectivity index (χ3v) is 4.87. The molecule has 1 atom stereocenters. The van der Waals surface area contributed by atoms with Gasteiger partial charge in [0.15, 0.2) is 0 Å². The molecule has 1 aromatic heterocycles. The Morgan fingerprint density at radius 1 is 1.14 bits per heavy atom. The molecule has 152 valence electrons. The first-order valence-corrected chi connectivity index (χ1v) is 9.81. The van der Waals surface area contributed by atoms with Gasteiger partial charge in [-0.3, -0.25) is 4.79 Å². The van der Waals surface area contributed by atoms with Crippen LogP contribution in [-0.2, 0) is 24.3 Å². The van der Waals surface area contributed by atoms with Crippen LogP contribution in [0.1, 0.15) is 23.7 Å². The Bertz CT molecular complexity index is 906. The van der Waals surface area contributed by atoms with Crippen LogP contribution in [0.25, 0.3) is 0 Å². The lowest BCUT2D eigenvalue weighted by atomic mass is 10.1. The summed E-state index contributed by atoms with van der Waals surface area (Å²) < 4.78 is 7.19. The quantitative estimate of drug-likeness (QED) is 0.608. The van der Waals surface area contributed by atoms with E-state index in [9.17, 15) is 4.79 Å².